The van der Waals surface area contributed by atoms with Gasteiger partial charge in [0.2, 0.25) is 0 Å². The fraction of sp³-hybridized carbons (Fsp3) is 0.0667. The number of H-pyrrole nitrogens is 1. The van der Waals surface area contributed by atoms with Gasteiger partial charge in [-0.15, -0.1) is 0 Å². The van der Waals surface area contributed by atoms with Crippen LogP contribution in [-0.2, 0) is 20.8 Å². The Morgan fingerprint density at radius 3 is 1.86 bits per heavy atom. The minimum absolute atomic E-state index is 0. The molecule has 1 N–H and O–H groups in total. The Kier molecular flexibility index (Phi) is 8.61. The van der Waals surface area contributed by atoms with Gasteiger partial charge in [-0.2, -0.15) is 0 Å². The van der Waals surface area contributed by atoms with E-state index in [2.05, 4.69) is 13.4 Å². The molecule has 0 unspecified atom stereocenters. The third-order valence-corrected chi connectivity index (χ3v) is 4.36. The second kappa shape index (κ2) is 9.47. The van der Waals surface area contributed by atoms with Crippen molar-refractivity contribution in [2.24, 2.45) is 0 Å². The average Bonchev–Trinajstić information content (AvgIpc) is 2.82. The zero-order chi connectivity index (χ0) is 19.1. The van der Waals surface area contributed by atoms with E-state index in [1.54, 1.807) is 25.1 Å². The van der Waals surface area contributed by atoms with Gasteiger partial charge in [0.15, 0.2) is 0 Å². The van der Waals surface area contributed by atoms with E-state index in [0.29, 0.717) is 22.2 Å². The fourth-order valence-electron chi connectivity index (χ4n) is 2.56. The summed E-state index contributed by atoms with van der Waals surface area (Å²) in [5.41, 5.74) is 2.78. The Hall–Kier alpha value is -0.600. The number of rotatable bonds is 5. The molecule has 138 valence electrons. The molecule has 13 heteroatoms. The van der Waals surface area contributed by atoms with Gasteiger partial charge < -0.3 is 22.5 Å². The molecule has 2 aromatic carbocycles. The Balaban J connectivity index is 0.00000196. The molecule has 0 saturated carbocycles. The van der Waals surface area contributed by atoms with Crippen molar-refractivity contribution >= 4 is 31.7 Å². The van der Waals surface area contributed by atoms with Crippen LogP contribution >= 0.6 is 0 Å². The van der Waals surface area contributed by atoms with Crippen molar-refractivity contribution < 1.29 is 93.4 Å². The van der Waals surface area contributed by atoms with E-state index in [1.807, 2.05) is 0 Å². The number of hydrogen-bond donors (Lipinski definition) is 1. The minimum atomic E-state index is -4.87. The molecule has 0 bridgehead atoms. The van der Waals surface area contributed by atoms with Gasteiger partial charge in [0.1, 0.15) is 11.5 Å². The van der Waals surface area contributed by atoms with Crippen molar-refractivity contribution in [3.63, 3.8) is 0 Å². The monoisotopic (exact) mass is 443 g/mol. The first-order valence-corrected chi connectivity index (χ1v) is 9.72. The van der Waals surface area contributed by atoms with E-state index in [1.165, 1.54) is 24.3 Å². The molecule has 28 heavy (non-hydrogen) atoms. The molecular formula is C15H11NNa2O8S2. The third-order valence-electron chi connectivity index (χ3n) is 3.57. The molecule has 0 aliphatic carbocycles. The molecule has 1 aromatic heterocycles. The minimum Gasteiger partial charge on any atom is -0.716 e. The molecule has 0 radical (unpaired) electrons. The van der Waals surface area contributed by atoms with Crippen molar-refractivity contribution in [2.75, 3.05) is 0 Å². The summed E-state index contributed by atoms with van der Waals surface area (Å²) < 4.78 is 72.5. The Morgan fingerprint density at radius 1 is 0.821 bits per heavy atom. The standard InChI is InChI=1S/C15H13NO8S2.2Na/c1-9-13-8-12(24-26(20,21)22)6-7-14(13)16-15(9)10-2-4-11(5-3-10)23-25(17,18)19;;/h2-8,16H,1H3,(H,17,18,19)(H,20,21,22);;/q;2*+1/p-2. The first kappa shape index (κ1) is 25.4. The fourth-order valence-corrected chi connectivity index (χ4v) is 3.25. The van der Waals surface area contributed by atoms with Gasteiger partial charge in [0.25, 0.3) is 20.8 Å². The van der Waals surface area contributed by atoms with Crippen LogP contribution in [0.15, 0.2) is 42.5 Å². The van der Waals surface area contributed by atoms with Gasteiger partial charge in [-0.05, 0) is 60.5 Å². The van der Waals surface area contributed by atoms with Crippen LogP contribution in [0.4, 0.5) is 0 Å². The summed E-state index contributed by atoms with van der Waals surface area (Å²) in [6.07, 6.45) is 0. The molecular weight excluding hydrogens is 432 g/mol. The summed E-state index contributed by atoms with van der Waals surface area (Å²) in [7, 11) is -9.72. The molecule has 3 aromatic rings. The smallest absolute Gasteiger partial charge is 0.716 e. The van der Waals surface area contributed by atoms with Gasteiger partial charge in [-0.25, -0.2) is 16.8 Å². The summed E-state index contributed by atoms with van der Waals surface area (Å²) in [6.45, 7) is 1.77. The summed E-state index contributed by atoms with van der Waals surface area (Å²) >= 11 is 0. The van der Waals surface area contributed by atoms with Crippen LogP contribution in [0.5, 0.6) is 11.5 Å². The number of hydrogen-bond acceptors (Lipinski definition) is 8. The van der Waals surface area contributed by atoms with Crippen LogP contribution in [0, 0.1) is 6.92 Å². The quantitative estimate of drug-likeness (QED) is 0.237. The molecule has 0 fully saturated rings. The van der Waals surface area contributed by atoms with Gasteiger partial charge in [-0.3, -0.25) is 0 Å². The molecule has 0 atom stereocenters. The van der Waals surface area contributed by atoms with Crippen LogP contribution in [0.1, 0.15) is 5.56 Å². The van der Waals surface area contributed by atoms with E-state index in [4.69, 9.17) is 0 Å². The molecule has 0 aliphatic heterocycles. The number of nitrogens with one attached hydrogen (secondary N) is 1. The summed E-state index contributed by atoms with van der Waals surface area (Å²) in [5, 5.41) is 0.642. The van der Waals surface area contributed by atoms with Gasteiger partial charge in [-0.1, -0.05) is 0 Å². The SMILES string of the molecule is Cc1c(-c2ccc(OS(=O)(=O)[O-])cc2)[nH]c2ccc(OS(=O)(=O)[O-])cc12.[Na+].[Na+]. The van der Waals surface area contributed by atoms with Crippen LogP contribution in [0.2, 0.25) is 0 Å². The second-order valence-corrected chi connectivity index (χ2v) is 7.31. The average molecular weight is 443 g/mol. The Bertz CT molecular complexity index is 1190. The predicted molar refractivity (Wildman–Crippen MR) is 89.1 cm³/mol. The predicted octanol–water partition coefficient (Wildman–Crippen LogP) is -4.17. The zero-order valence-corrected chi connectivity index (χ0v) is 20.8. The number of benzene rings is 2. The Labute approximate surface area is 205 Å². The van der Waals surface area contributed by atoms with Crippen molar-refractivity contribution in [1.82, 2.24) is 4.98 Å². The topological polar surface area (TPSA) is 149 Å². The van der Waals surface area contributed by atoms with Gasteiger partial charge >= 0.3 is 59.1 Å². The number of fused-ring (bicyclic) bond motifs is 1. The van der Waals surface area contributed by atoms with E-state index >= 15 is 0 Å². The molecule has 0 amide bonds. The van der Waals surface area contributed by atoms with E-state index in [9.17, 15) is 25.9 Å². The van der Waals surface area contributed by atoms with Crippen molar-refractivity contribution in [2.45, 2.75) is 6.92 Å². The maximum atomic E-state index is 10.7. The van der Waals surface area contributed by atoms with Crippen LogP contribution in [0.3, 0.4) is 0 Å². The van der Waals surface area contributed by atoms with Crippen molar-refractivity contribution in [3.8, 4) is 22.8 Å². The largest absolute Gasteiger partial charge is 1.00 e. The number of aryl methyl sites for hydroxylation is 1. The summed E-state index contributed by atoms with van der Waals surface area (Å²) in [4.78, 5) is 3.13. The van der Waals surface area contributed by atoms with Crippen molar-refractivity contribution in [3.05, 3.63) is 48.0 Å². The zero-order valence-electron chi connectivity index (χ0n) is 15.1. The number of aromatic amines is 1. The van der Waals surface area contributed by atoms with Gasteiger partial charge in [0, 0.05) is 16.6 Å². The maximum Gasteiger partial charge on any atom is 1.00 e. The summed E-state index contributed by atoms with van der Waals surface area (Å²) in [5.74, 6) is -0.223. The van der Waals surface area contributed by atoms with E-state index < -0.39 is 20.8 Å². The van der Waals surface area contributed by atoms with Crippen LogP contribution < -0.4 is 67.5 Å². The molecule has 9 nitrogen and oxygen atoms in total. The molecule has 0 aliphatic rings. The van der Waals surface area contributed by atoms with E-state index in [-0.39, 0.29) is 70.6 Å². The summed E-state index contributed by atoms with van der Waals surface area (Å²) in [6, 6.07) is 10.1. The van der Waals surface area contributed by atoms with Crippen LogP contribution in [0.25, 0.3) is 22.2 Å². The van der Waals surface area contributed by atoms with Crippen molar-refractivity contribution in [1.29, 1.82) is 0 Å². The first-order chi connectivity index (χ1) is 12.0. The van der Waals surface area contributed by atoms with Gasteiger partial charge in [0.05, 0.1) is 0 Å². The molecule has 1 heterocycles. The third kappa shape index (κ3) is 6.46. The number of aromatic nitrogens is 1. The molecule has 3 rings (SSSR count). The normalized spacial score (nSPS) is 11.4. The molecule has 0 spiro atoms. The second-order valence-electron chi connectivity index (χ2n) is 5.34. The first-order valence-electron chi connectivity index (χ1n) is 7.05. The molecule has 0 saturated heterocycles. The van der Waals surface area contributed by atoms with E-state index in [0.717, 1.165) is 5.56 Å². The maximum absolute atomic E-state index is 10.7. The Morgan fingerprint density at radius 2 is 1.32 bits per heavy atom. The van der Waals surface area contributed by atoms with Crippen LogP contribution in [-0.4, -0.2) is 30.9 Å².